The Morgan fingerprint density at radius 1 is 1.22 bits per heavy atom. The SMILES string of the molecule is CC(C)CC(Nc1ncnc2sc3c(c12)CCNC3)c1ncnn1C.Cl.Cl. The summed E-state index contributed by atoms with van der Waals surface area (Å²) in [5.41, 5.74) is 1.39. The summed E-state index contributed by atoms with van der Waals surface area (Å²) >= 11 is 1.77. The maximum Gasteiger partial charge on any atom is 0.149 e. The highest BCUT2D eigenvalue weighted by molar-refractivity contribution is 7.18. The van der Waals surface area contributed by atoms with Gasteiger partial charge in [0.15, 0.2) is 0 Å². The summed E-state index contributed by atoms with van der Waals surface area (Å²) in [6.07, 6.45) is 5.25. The van der Waals surface area contributed by atoms with Crippen LogP contribution in [0.2, 0.25) is 0 Å². The Morgan fingerprint density at radius 2 is 2.04 bits per heavy atom. The fraction of sp³-hybridized carbons (Fsp3) is 0.529. The fourth-order valence-corrected chi connectivity index (χ4v) is 4.61. The van der Waals surface area contributed by atoms with E-state index in [2.05, 4.69) is 44.5 Å². The zero-order valence-corrected chi connectivity index (χ0v) is 18.0. The maximum atomic E-state index is 4.58. The van der Waals surface area contributed by atoms with Crippen LogP contribution in [0.1, 0.15) is 42.6 Å². The summed E-state index contributed by atoms with van der Waals surface area (Å²) in [5.74, 6) is 2.39. The lowest BCUT2D eigenvalue weighted by Crippen LogP contribution is -2.22. The van der Waals surface area contributed by atoms with Crippen molar-refractivity contribution in [2.75, 3.05) is 11.9 Å². The molecule has 27 heavy (non-hydrogen) atoms. The Morgan fingerprint density at radius 3 is 2.74 bits per heavy atom. The molecule has 0 saturated heterocycles. The van der Waals surface area contributed by atoms with Crippen LogP contribution in [0.25, 0.3) is 10.2 Å². The summed E-state index contributed by atoms with van der Waals surface area (Å²) in [7, 11) is 1.94. The highest BCUT2D eigenvalue weighted by atomic mass is 35.5. The van der Waals surface area contributed by atoms with Crippen LogP contribution in [0.15, 0.2) is 12.7 Å². The maximum absolute atomic E-state index is 4.58. The number of halogens is 2. The minimum absolute atomic E-state index is 0. The number of fused-ring (bicyclic) bond motifs is 3. The van der Waals surface area contributed by atoms with Gasteiger partial charge >= 0.3 is 0 Å². The second-order valence-corrected chi connectivity index (χ2v) is 7.98. The van der Waals surface area contributed by atoms with E-state index < -0.39 is 0 Å². The quantitative estimate of drug-likeness (QED) is 0.645. The first-order valence-electron chi connectivity index (χ1n) is 8.70. The molecule has 1 unspecified atom stereocenters. The van der Waals surface area contributed by atoms with Gasteiger partial charge in [0.1, 0.15) is 29.1 Å². The number of nitrogens with one attached hydrogen (secondary N) is 2. The lowest BCUT2D eigenvalue weighted by molar-refractivity contribution is 0.498. The van der Waals surface area contributed by atoms with E-state index in [0.29, 0.717) is 5.92 Å². The van der Waals surface area contributed by atoms with Gasteiger partial charge in [-0.25, -0.2) is 15.0 Å². The van der Waals surface area contributed by atoms with E-state index in [1.165, 1.54) is 15.8 Å². The van der Waals surface area contributed by atoms with Crippen molar-refractivity contribution in [2.45, 2.75) is 39.3 Å². The second-order valence-electron chi connectivity index (χ2n) is 6.90. The van der Waals surface area contributed by atoms with Gasteiger partial charge in [-0.3, -0.25) is 4.68 Å². The number of hydrogen-bond acceptors (Lipinski definition) is 7. The largest absolute Gasteiger partial charge is 0.359 e. The molecule has 0 aliphatic carbocycles. The predicted molar refractivity (Wildman–Crippen MR) is 114 cm³/mol. The number of aromatic nitrogens is 5. The molecule has 1 atom stereocenters. The third-order valence-corrected chi connectivity index (χ3v) is 5.72. The van der Waals surface area contributed by atoms with Gasteiger partial charge in [0, 0.05) is 18.5 Å². The van der Waals surface area contributed by atoms with E-state index in [0.717, 1.165) is 42.4 Å². The molecule has 0 radical (unpaired) electrons. The molecule has 0 fully saturated rings. The molecule has 10 heteroatoms. The molecule has 148 valence electrons. The van der Waals surface area contributed by atoms with Gasteiger partial charge in [-0.05, 0) is 30.9 Å². The fourth-order valence-electron chi connectivity index (χ4n) is 3.45. The second kappa shape index (κ2) is 9.14. The van der Waals surface area contributed by atoms with Crippen LogP contribution < -0.4 is 10.6 Å². The van der Waals surface area contributed by atoms with E-state index in [1.807, 2.05) is 11.7 Å². The molecule has 3 aromatic rings. The molecular formula is C17H25Cl2N7S. The van der Waals surface area contributed by atoms with E-state index in [4.69, 9.17) is 0 Å². The van der Waals surface area contributed by atoms with Crippen LogP contribution in [0.5, 0.6) is 0 Å². The van der Waals surface area contributed by atoms with Gasteiger partial charge in [-0.15, -0.1) is 36.2 Å². The smallest absolute Gasteiger partial charge is 0.149 e. The lowest BCUT2D eigenvalue weighted by atomic mass is 10.0. The Balaban J connectivity index is 0.00000131. The monoisotopic (exact) mass is 429 g/mol. The average molecular weight is 430 g/mol. The standard InChI is InChI=1S/C17H23N7S.2ClH/c1-10(2)6-12(16-20-9-22-24(16)3)23-15-14-11-4-5-18-7-13(11)25-17(14)21-8-19-15;;/h8-10,12,18H,4-7H2,1-3H3,(H,19,21,23);2*1H. The van der Waals surface area contributed by atoms with E-state index in [-0.39, 0.29) is 30.9 Å². The Labute approximate surface area is 175 Å². The molecule has 7 nitrogen and oxygen atoms in total. The number of anilines is 1. The van der Waals surface area contributed by atoms with Crippen molar-refractivity contribution in [3.8, 4) is 0 Å². The van der Waals surface area contributed by atoms with Crippen molar-refractivity contribution < 1.29 is 0 Å². The number of aryl methyl sites for hydroxylation is 1. The number of nitrogens with zero attached hydrogens (tertiary/aromatic N) is 5. The highest BCUT2D eigenvalue weighted by Gasteiger charge is 2.23. The minimum Gasteiger partial charge on any atom is -0.359 e. The summed E-state index contributed by atoms with van der Waals surface area (Å²) in [4.78, 5) is 16.0. The normalized spacial score (nSPS) is 14.4. The van der Waals surface area contributed by atoms with Crippen molar-refractivity contribution in [1.29, 1.82) is 0 Å². The number of hydrogen-bond donors (Lipinski definition) is 2. The van der Waals surface area contributed by atoms with Crippen LogP contribution in [0, 0.1) is 5.92 Å². The van der Waals surface area contributed by atoms with Gasteiger partial charge in [0.2, 0.25) is 0 Å². The molecule has 4 heterocycles. The van der Waals surface area contributed by atoms with Crippen LogP contribution in [0.3, 0.4) is 0 Å². The van der Waals surface area contributed by atoms with Gasteiger partial charge in [0.05, 0.1) is 11.4 Å². The first-order chi connectivity index (χ1) is 12.1. The molecule has 1 aliphatic rings. The first-order valence-corrected chi connectivity index (χ1v) is 9.51. The van der Waals surface area contributed by atoms with E-state index in [1.54, 1.807) is 24.0 Å². The molecule has 0 spiro atoms. The molecule has 0 aromatic carbocycles. The average Bonchev–Trinajstić information content (AvgIpc) is 3.17. The zero-order valence-electron chi connectivity index (χ0n) is 15.6. The lowest BCUT2D eigenvalue weighted by Gasteiger charge is -2.21. The number of thiophene rings is 1. The predicted octanol–water partition coefficient (Wildman–Crippen LogP) is 3.51. The topological polar surface area (TPSA) is 80.6 Å². The van der Waals surface area contributed by atoms with Gasteiger partial charge in [-0.1, -0.05) is 13.8 Å². The molecule has 3 aromatic heterocycles. The third-order valence-electron chi connectivity index (χ3n) is 4.58. The Kier molecular flexibility index (Phi) is 7.39. The third kappa shape index (κ3) is 4.34. The van der Waals surface area contributed by atoms with Gasteiger partial charge in [0.25, 0.3) is 0 Å². The van der Waals surface area contributed by atoms with Gasteiger partial charge in [-0.2, -0.15) is 5.10 Å². The van der Waals surface area contributed by atoms with Crippen molar-refractivity contribution in [3.63, 3.8) is 0 Å². The molecule has 4 rings (SSSR count). The molecule has 2 N–H and O–H groups in total. The summed E-state index contributed by atoms with van der Waals surface area (Å²) < 4.78 is 1.84. The number of rotatable bonds is 5. The molecule has 0 saturated carbocycles. The van der Waals surface area contributed by atoms with Crippen LogP contribution >= 0.6 is 36.2 Å². The highest BCUT2D eigenvalue weighted by Crippen LogP contribution is 2.37. The van der Waals surface area contributed by atoms with Crippen LogP contribution in [0.4, 0.5) is 5.82 Å². The van der Waals surface area contributed by atoms with E-state index in [9.17, 15) is 0 Å². The molecule has 0 amide bonds. The van der Waals surface area contributed by atoms with E-state index >= 15 is 0 Å². The first kappa shape index (κ1) is 21.8. The summed E-state index contributed by atoms with van der Waals surface area (Å²) in [5, 5.41) is 12.5. The van der Waals surface area contributed by atoms with Crippen molar-refractivity contribution >= 4 is 52.2 Å². The summed E-state index contributed by atoms with van der Waals surface area (Å²) in [6.45, 7) is 6.37. The van der Waals surface area contributed by atoms with Crippen LogP contribution in [-0.2, 0) is 20.0 Å². The van der Waals surface area contributed by atoms with Crippen molar-refractivity contribution in [3.05, 3.63) is 28.9 Å². The summed E-state index contributed by atoms with van der Waals surface area (Å²) in [6, 6.07) is 0.0721. The molecule has 1 aliphatic heterocycles. The molecule has 0 bridgehead atoms. The Hall–Kier alpha value is -1.48. The van der Waals surface area contributed by atoms with Crippen LogP contribution in [-0.4, -0.2) is 31.3 Å². The van der Waals surface area contributed by atoms with Gasteiger partial charge < -0.3 is 10.6 Å². The minimum atomic E-state index is 0. The molecular weight excluding hydrogens is 405 g/mol. The zero-order chi connectivity index (χ0) is 17.4. The van der Waals surface area contributed by atoms with Crippen molar-refractivity contribution in [1.82, 2.24) is 30.0 Å². The Bertz CT molecular complexity index is 893. The van der Waals surface area contributed by atoms with Crippen molar-refractivity contribution in [2.24, 2.45) is 13.0 Å².